The van der Waals surface area contributed by atoms with Crippen molar-refractivity contribution in [2.45, 2.75) is 52.0 Å². The van der Waals surface area contributed by atoms with Crippen molar-refractivity contribution in [2.24, 2.45) is 0 Å². The van der Waals surface area contributed by atoms with Crippen molar-refractivity contribution in [3.63, 3.8) is 0 Å². The number of anilines is 2. The summed E-state index contributed by atoms with van der Waals surface area (Å²) in [6.07, 6.45) is 0.589. The van der Waals surface area contributed by atoms with Gasteiger partial charge in [0.1, 0.15) is 17.5 Å². The Balaban J connectivity index is 3.19. The molecule has 0 fully saturated rings. The van der Waals surface area contributed by atoms with Crippen molar-refractivity contribution in [1.82, 2.24) is 9.97 Å². The van der Waals surface area contributed by atoms with Crippen LogP contribution in [0.3, 0.4) is 0 Å². The van der Waals surface area contributed by atoms with Crippen LogP contribution < -0.4 is 10.6 Å². The molecule has 0 aliphatic carbocycles. The molecule has 0 aromatic carbocycles. The topological polar surface area (TPSA) is 90.3 Å². The molecule has 0 spiro atoms. The number of aromatic nitrogens is 2. The van der Waals surface area contributed by atoms with E-state index >= 15 is 0 Å². The van der Waals surface area contributed by atoms with Crippen molar-refractivity contribution in [3.05, 3.63) is 11.9 Å². The van der Waals surface area contributed by atoms with Gasteiger partial charge in [0, 0.05) is 18.0 Å². The predicted molar refractivity (Wildman–Crippen MR) is 85.7 cm³/mol. The van der Waals surface area contributed by atoms with Crippen LogP contribution in [-0.2, 0) is 5.41 Å². The first-order chi connectivity index (χ1) is 9.80. The summed E-state index contributed by atoms with van der Waals surface area (Å²) < 4.78 is 0. The van der Waals surface area contributed by atoms with E-state index in [9.17, 15) is 10.2 Å². The number of hydrogen-bond acceptors (Lipinski definition) is 6. The summed E-state index contributed by atoms with van der Waals surface area (Å²) in [5.74, 6) is 2.06. The number of rotatable bonds is 7. The van der Waals surface area contributed by atoms with Crippen LogP contribution in [0.4, 0.5) is 11.6 Å². The zero-order valence-corrected chi connectivity index (χ0v) is 13.7. The molecule has 120 valence electrons. The predicted octanol–water partition coefficient (Wildman–Crippen LogP) is 1.75. The van der Waals surface area contributed by atoms with Crippen molar-refractivity contribution in [3.8, 4) is 0 Å². The highest BCUT2D eigenvalue weighted by Crippen LogP contribution is 2.24. The van der Waals surface area contributed by atoms with Crippen LogP contribution in [0.5, 0.6) is 0 Å². The van der Waals surface area contributed by atoms with Crippen LogP contribution in [0.25, 0.3) is 0 Å². The molecule has 0 aliphatic heterocycles. The van der Waals surface area contributed by atoms with Gasteiger partial charge < -0.3 is 20.8 Å². The standard InChI is InChI=1S/C15H28N4O2/c1-6-15(9-20,10-21)19-12-8-11(16-7-2)17-13(18-12)14(3,4)5/h8,20-21H,6-7,9-10H2,1-5H3,(H2,16,17,18,19). The maximum atomic E-state index is 9.56. The largest absolute Gasteiger partial charge is 0.394 e. The van der Waals surface area contributed by atoms with Crippen molar-refractivity contribution in [2.75, 3.05) is 30.4 Å². The summed E-state index contributed by atoms with van der Waals surface area (Å²) in [5, 5.41) is 25.5. The van der Waals surface area contributed by atoms with Gasteiger partial charge in [-0.15, -0.1) is 0 Å². The Morgan fingerprint density at radius 1 is 1.05 bits per heavy atom. The van der Waals surface area contributed by atoms with E-state index in [0.29, 0.717) is 18.1 Å². The molecule has 1 rings (SSSR count). The second kappa shape index (κ2) is 7.04. The fourth-order valence-electron chi connectivity index (χ4n) is 1.83. The van der Waals surface area contributed by atoms with Gasteiger partial charge in [0.05, 0.1) is 18.8 Å². The number of nitrogens with zero attached hydrogens (tertiary/aromatic N) is 2. The van der Waals surface area contributed by atoms with Crippen LogP contribution in [0.15, 0.2) is 6.07 Å². The van der Waals surface area contributed by atoms with Crippen molar-refractivity contribution in [1.29, 1.82) is 0 Å². The Morgan fingerprint density at radius 3 is 2.05 bits per heavy atom. The molecule has 0 unspecified atom stereocenters. The van der Waals surface area contributed by atoms with E-state index in [4.69, 9.17) is 0 Å². The first-order valence-electron chi connectivity index (χ1n) is 7.43. The van der Waals surface area contributed by atoms with Crippen molar-refractivity contribution >= 4 is 11.6 Å². The monoisotopic (exact) mass is 296 g/mol. The fourth-order valence-corrected chi connectivity index (χ4v) is 1.83. The molecule has 0 saturated carbocycles. The van der Waals surface area contributed by atoms with E-state index in [1.54, 1.807) is 6.07 Å². The maximum absolute atomic E-state index is 9.56. The molecule has 1 aromatic rings. The van der Waals surface area contributed by atoms with E-state index in [0.717, 1.165) is 12.4 Å². The Bertz CT molecular complexity index is 445. The molecule has 1 aromatic heterocycles. The minimum absolute atomic E-state index is 0.161. The summed E-state index contributed by atoms with van der Waals surface area (Å²) in [7, 11) is 0. The first kappa shape index (κ1) is 17.7. The third-order valence-electron chi connectivity index (χ3n) is 3.43. The molecule has 0 atom stereocenters. The van der Waals surface area contributed by atoms with Crippen LogP contribution >= 0.6 is 0 Å². The molecule has 6 nitrogen and oxygen atoms in total. The van der Waals surface area contributed by atoms with Gasteiger partial charge in [0.25, 0.3) is 0 Å². The molecule has 0 amide bonds. The summed E-state index contributed by atoms with van der Waals surface area (Å²) in [6, 6.07) is 1.80. The quantitative estimate of drug-likeness (QED) is 0.613. The minimum Gasteiger partial charge on any atom is -0.394 e. The third kappa shape index (κ3) is 4.54. The lowest BCUT2D eigenvalue weighted by Gasteiger charge is -2.31. The SMILES string of the molecule is CCNc1cc(NC(CC)(CO)CO)nc(C(C)(C)C)n1. The molecule has 0 bridgehead atoms. The highest BCUT2D eigenvalue weighted by Gasteiger charge is 2.28. The smallest absolute Gasteiger partial charge is 0.138 e. The fraction of sp³-hybridized carbons (Fsp3) is 0.733. The number of aliphatic hydroxyl groups excluding tert-OH is 2. The average molecular weight is 296 g/mol. The Labute approximate surface area is 127 Å². The van der Waals surface area contributed by atoms with Gasteiger partial charge in [0.15, 0.2) is 0 Å². The van der Waals surface area contributed by atoms with Gasteiger partial charge in [-0.2, -0.15) is 0 Å². The average Bonchev–Trinajstić information content (AvgIpc) is 2.44. The number of hydrogen-bond donors (Lipinski definition) is 4. The summed E-state index contributed by atoms with van der Waals surface area (Å²) in [4.78, 5) is 9.05. The van der Waals surface area contributed by atoms with Gasteiger partial charge in [-0.05, 0) is 13.3 Å². The first-order valence-corrected chi connectivity index (χ1v) is 7.43. The molecule has 0 saturated heterocycles. The number of nitrogens with one attached hydrogen (secondary N) is 2. The van der Waals surface area contributed by atoms with E-state index in [-0.39, 0.29) is 18.6 Å². The third-order valence-corrected chi connectivity index (χ3v) is 3.43. The van der Waals surface area contributed by atoms with Gasteiger partial charge in [-0.3, -0.25) is 0 Å². The zero-order chi connectivity index (χ0) is 16.1. The van der Waals surface area contributed by atoms with Crippen LogP contribution in [-0.4, -0.2) is 45.5 Å². The lowest BCUT2D eigenvalue weighted by molar-refractivity contribution is 0.132. The zero-order valence-electron chi connectivity index (χ0n) is 13.7. The number of aliphatic hydroxyl groups is 2. The molecule has 0 radical (unpaired) electrons. The maximum Gasteiger partial charge on any atom is 0.138 e. The lowest BCUT2D eigenvalue weighted by Crippen LogP contribution is -2.45. The van der Waals surface area contributed by atoms with E-state index in [2.05, 4.69) is 20.6 Å². The molecule has 6 heteroatoms. The normalized spacial score (nSPS) is 12.3. The second-order valence-electron chi connectivity index (χ2n) is 6.32. The Kier molecular flexibility index (Phi) is 5.92. The lowest BCUT2D eigenvalue weighted by atomic mass is 9.95. The van der Waals surface area contributed by atoms with Gasteiger partial charge in [-0.25, -0.2) is 9.97 Å². The highest BCUT2D eigenvalue weighted by molar-refractivity contribution is 5.49. The van der Waals surface area contributed by atoms with Crippen LogP contribution in [0.1, 0.15) is 46.9 Å². The Hall–Kier alpha value is -1.40. The second-order valence-corrected chi connectivity index (χ2v) is 6.32. The van der Waals surface area contributed by atoms with Gasteiger partial charge >= 0.3 is 0 Å². The highest BCUT2D eigenvalue weighted by atomic mass is 16.3. The molecular formula is C15H28N4O2. The van der Waals surface area contributed by atoms with Gasteiger partial charge in [0.2, 0.25) is 0 Å². The summed E-state index contributed by atoms with van der Waals surface area (Å²) in [6.45, 7) is 10.5. The molecule has 0 aliphatic rings. The molecule has 1 heterocycles. The molecule has 4 N–H and O–H groups in total. The molecular weight excluding hydrogens is 268 g/mol. The van der Waals surface area contributed by atoms with E-state index in [1.165, 1.54) is 0 Å². The minimum atomic E-state index is -0.771. The van der Waals surface area contributed by atoms with E-state index < -0.39 is 5.54 Å². The summed E-state index contributed by atoms with van der Waals surface area (Å²) >= 11 is 0. The summed E-state index contributed by atoms with van der Waals surface area (Å²) in [5.41, 5.74) is -0.956. The molecule has 21 heavy (non-hydrogen) atoms. The van der Waals surface area contributed by atoms with Crippen molar-refractivity contribution < 1.29 is 10.2 Å². The van der Waals surface area contributed by atoms with Crippen LogP contribution in [0, 0.1) is 0 Å². The van der Waals surface area contributed by atoms with Crippen LogP contribution in [0.2, 0.25) is 0 Å². The Morgan fingerprint density at radius 2 is 1.62 bits per heavy atom. The van der Waals surface area contributed by atoms with E-state index in [1.807, 2.05) is 34.6 Å². The van der Waals surface area contributed by atoms with Gasteiger partial charge in [-0.1, -0.05) is 27.7 Å².